The van der Waals surface area contributed by atoms with Gasteiger partial charge in [0.2, 0.25) is 10.0 Å². The molecule has 0 fully saturated rings. The maximum Gasteiger partial charge on any atom is 0.208 e. The number of rotatable bonds is 7. The van der Waals surface area contributed by atoms with Gasteiger partial charge in [-0.1, -0.05) is 30.3 Å². The third kappa shape index (κ3) is 6.41. The van der Waals surface area contributed by atoms with Crippen LogP contribution in [-0.2, 0) is 14.8 Å². The SMILES string of the molecule is C[C@H](OCCCNS(C)(=O)=O)c1ccccc1. The summed E-state index contributed by atoms with van der Waals surface area (Å²) < 4.78 is 29.6. The smallest absolute Gasteiger partial charge is 0.208 e. The molecule has 5 heteroatoms. The lowest BCUT2D eigenvalue weighted by molar-refractivity contribution is 0.0647. The molecule has 4 nitrogen and oxygen atoms in total. The maximum absolute atomic E-state index is 10.8. The van der Waals surface area contributed by atoms with Crippen molar-refractivity contribution in [2.45, 2.75) is 19.4 Å². The molecule has 1 N–H and O–H groups in total. The second-order valence-corrected chi connectivity index (χ2v) is 5.78. The fourth-order valence-corrected chi connectivity index (χ4v) is 1.93. The highest BCUT2D eigenvalue weighted by Gasteiger charge is 2.04. The molecule has 0 spiro atoms. The lowest BCUT2D eigenvalue weighted by Crippen LogP contribution is -2.24. The van der Waals surface area contributed by atoms with E-state index in [1.807, 2.05) is 37.3 Å². The molecular formula is C12H19NO3S. The van der Waals surface area contributed by atoms with Gasteiger partial charge in [-0.2, -0.15) is 0 Å². The molecule has 0 aliphatic carbocycles. The van der Waals surface area contributed by atoms with Gasteiger partial charge in [0.05, 0.1) is 12.4 Å². The summed E-state index contributed by atoms with van der Waals surface area (Å²) in [5.41, 5.74) is 1.13. The highest BCUT2D eigenvalue weighted by molar-refractivity contribution is 7.88. The second-order valence-electron chi connectivity index (χ2n) is 3.94. The number of benzene rings is 1. The Bertz CT molecular complexity index is 417. The van der Waals surface area contributed by atoms with Crippen LogP contribution in [0, 0.1) is 0 Å². The van der Waals surface area contributed by atoms with Crippen LogP contribution in [0.25, 0.3) is 0 Å². The van der Waals surface area contributed by atoms with Gasteiger partial charge in [0.15, 0.2) is 0 Å². The predicted molar refractivity (Wildman–Crippen MR) is 68.3 cm³/mol. The Kier molecular flexibility index (Phi) is 5.61. The van der Waals surface area contributed by atoms with Gasteiger partial charge in [-0.25, -0.2) is 13.1 Å². The zero-order valence-corrected chi connectivity index (χ0v) is 11.0. The molecule has 1 rings (SSSR count). The van der Waals surface area contributed by atoms with Crippen LogP contribution in [0.2, 0.25) is 0 Å². The molecule has 0 saturated heterocycles. The van der Waals surface area contributed by atoms with E-state index in [0.717, 1.165) is 11.8 Å². The van der Waals surface area contributed by atoms with Gasteiger partial charge >= 0.3 is 0 Å². The molecule has 0 heterocycles. The van der Waals surface area contributed by atoms with E-state index in [0.29, 0.717) is 19.6 Å². The number of hydrogen-bond donors (Lipinski definition) is 1. The van der Waals surface area contributed by atoms with E-state index < -0.39 is 10.0 Å². The standard InChI is InChI=1S/C12H19NO3S/c1-11(12-7-4-3-5-8-12)16-10-6-9-13-17(2,14)15/h3-5,7-8,11,13H,6,9-10H2,1-2H3/t11-/m0/s1. The molecule has 17 heavy (non-hydrogen) atoms. The van der Waals surface area contributed by atoms with Crippen LogP contribution in [0.4, 0.5) is 0 Å². The molecule has 0 amide bonds. The third-order valence-electron chi connectivity index (χ3n) is 2.32. The van der Waals surface area contributed by atoms with Crippen LogP contribution in [0.5, 0.6) is 0 Å². The molecule has 0 unspecified atom stereocenters. The molecule has 0 saturated carbocycles. The van der Waals surface area contributed by atoms with E-state index in [1.54, 1.807) is 0 Å². The molecular weight excluding hydrogens is 238 g/mol. The van der Waals surface area contributed by atoms with Gasteiger partial charge in [0.1, 0.15) is 0 Å². The van der Waals surface area contributed by atoms with Crippen molar-refractivity contribution >= 4 is 10.0 Å². The first-order valence-corrected chi connectivity index (χ1v) is 7.49. The number of ether oxygens (including phenoxy) is 1. The molecule has 1 atom stereocenters. The summed E-state index contributed by atoms with van der Waals surface area (Å²) in [6.07, 6.45) is 1.86. The minimum Gasteiger partial charge on any atom is -0.374 e. The van der Waals surface area contributed by atoms with E-state index in [9.17, 15) is 8.42 Å². The fourth-order valence-electron chi connectivity index (χ4n) is 1.41. The van der Waals surface area contributed by atoms with Gasteiger partial charge in [0.25, 0.3) is 0 Å². The summed E-state index contributed by atoms with van der Waals surface area (Å²) in [4.78, 5) is 0. The summed E-state index contributed by atoms with van der Waals surface area (Å²) in [6.45, 7) is 2.94. The van der Waals surface area contributed by atoms with Crippen molar-refractivity contribution in [1.82, 2.24) is 4.72 Å². The van der Waals surface area contributed by atoms with Crippen LogP contribution < -0.4 is 4.72 Å². The monoisotopic (exact) mass is 257 g/mol. The molecule has 0 aliphatic rings. The zero-order valence-electron chi connectivity index (χ0n) is 10.2. The van der Waals surface area contributed by atoms with Crippen molar-refractivity contribution in [1.29, 1.82) is 0 Å². The minimum absolute atomic E-state index is 0.0365. The molecule has 0 aliphatic heterocycles. The maximum atomic E-state index is 10.8. The predicted octanol–water partition coefficient (Wildman–Crippen LogP) is 1.70. The van der Waals surface area contributed by atoms with E-state index in [1.165, 1.54) is 0 Å². The molecule has 1 aromatic rings. The van der Waals surface area contributed by atoms with Gasteiger partial charge in [0, 0.05) is 13.2 Å². The van der Waals surface area contributed by atoms with E-state index in [4.69, 9.17) is 4.74 Å². The van der Waals surface area contributed by atoms with Crippen molar-refractivity contribution in [3.05, 3.63) is 35.9 Å². The molecule has 1 aromatic carbocycles. The van der Waals surface area contributed by atoms with Crippen LogP contribution >= 0.6 is 0 Å². The largest absolute Gasteiger partial charge is 0.374 e. The summed E-state index contributed by atoms with van der Waals surface area (Å²) in [5.74, 6) is 0. The zero-order chi connectivity index (χ0) is 12.7. The third-order valence-corrected chi connectivity index (χ3v) is 3.05. The van der Waals surface area contributed by atoms with Crippen LogP contribution in [-0.4, -0.2) is 27.8 Å². The summed E-state index contributed by atoms with van der Waals surface area (Å²) in [5, 5.41) is 0. The van der Waals surface area contributed by atoms with Crippen LogP contribution in [0.15, 0.2) is 30.3 Å². The summed E-state index contributed by atoms with van der Waals surface area (Å²) in [7, 11) is -3.08. The van der Waals surface area contributed by atoms with Gasteiger partial charge in [-0.3, -0.25) is 0 Å². The van der Waals surface area contributed by atoms with Crippen molar-refractivity contribution in [3.63, 3.8) is 0 Å². The van der Waals surface area contributed by atoms with Gasteiger partial charge < -0.3 is 4.74 Å². The Hall–Kier alpha value is -0.910. The Morgan fingerprint density at radius 1 is 1.29 bits per heavy atom. The Balaban J connectivity index is 2.19. The molecule has 96 valence electrons. The first kappa shape index (κ1) is 14.2. The summed E-state index contributed by atoms with van der Waals surface area (Å²) in [6, 6.07) is 9.94. The Labute approximate surface area is 103 Å². The molecule has 0 aromatic heterocycles. The van der Waals surface area contributed by atoms with Crippen LogP contribution in [0.1, 0.15) is 25.0 Å². The lowest BCUT2D eigenvalue weighted by Gasteiger charge is -2.13. The van der Waals surface area contributed by atoms with Gasteiger partial charge in [-0.15, -0.1) is 0 Å². The fraction of sp³-hybridized carbons (Fsp3) is 0.500. The minimum atomic E-state index is -3.08. The topological polar surface area (TPSA) is 55.4 Å². The van der Waals surface area contributed by atoms with Crippen LogP contribution in [0.3, 0.4) is 0 Å². The highest BCUT2D eigenvalue weighted by Crippen LogP contribution is 2.15. The molecule has 0 radical (unpaired) electrons. The molecule has 0 bridgehead atoms. The summed E-state index contributed by atoms with van der Waals surface area (Å²) >= 11 is 0. The Morgan fingerprint density at radius 2 is 1.94 bits per heavy atom. The van der Waals surface area contributed by atoms with E-state index in [2.05, 4.69) is 4.72 Å². The average Bonchev–Trinajstić information content (AvgIpc) is 2.28. The first-order valence-electron chi connectivity index (χ1n) is 5.60. The van der Waals surface area contributed by atoms with Gasteiger partial charge in [-0.05, 0) is 18.9 Å². The quantitative estimate of drug-likeness (QED) is 0.756. The first-order chi connectivity index (χ1) is 7.99. The van der Waals surface area contributed by atoms with Crippen molar-refractivity contribution in [2.75, 3.05) is 19.4 Å². The normalized spacial score (nSPS) is 13.5. The number of nitrogens with one attached hydrogen (secondary N) is 1. The highest BCUT2D eigenvalue weighted by atomic mass is 32.2. The van der Waals surface area contributed by atoms with Crippen molar-refractivity contribution in [2.24, 2.45) is 0 Å². The van der Waals surface area contributed by atoms with E-state index in [-0.39, 0.29) is 6.10 Å². The Morgan fingerprint density at radius 3 is 2.53 bits per heavy atom. The lowest BCUT2D eigenvalue weighted by atomic mass is 10.1. The van der Waals surface area contributed by atoms with E-state index >= 15 is 0 Å². The average molecular weight is 257 g/mol. The van der Waals surface area contributed by atoms with Crippen molar-refractivity contribution < 1.29 is 13.2 Å². The second kappa shape index (κ2) is 6.74. The number of sulfonamides is 1. The number of hydrogen-bond acceptors (Lipinski definition) is 3. The van der Waals surface area contributed by atoms with Crippen molar-refractivity contribution in [3.8, 4) is 0 Å².